The van der Waals surface area contributed by atoms with E-state index in [0.717, 1.165) is 43.4 Å². The normalized spacial score (nSPS) is 16.2. The van der Waals surface area contributed by atoms with E-state index >= 15 is 0 Å². The molecule has 0 saturated carbocycles. The lowest BCUT2D eigenvalue weighted by molar-refractivity contribution is 0.0602. The summed E-state index contributed by atoms with van der Waals surface area (Å²) in [6.45, 7) is 3.03. The van der Waals surface area contributed by atoms with Crippen LogP contribution in [0.5, 0.6) is 5.75 Å². The van der Waals surface area contributed by atoms with Crippen LogP contribution in [0, 0.1) is 5.82 Å². The van der Waals surface area contributed by atoms with Crippen molar-refractivity contribution >= 4 is 22.7 Å². The average molecular weight is 469 g/mol. The highest BCUT2D eigenvalue weighted by Gasteiger charge is 2.32. The Hall–Kier alpha value is -3.23. The van der Waals surface area contributed by atoms with Gasteiger partial charge in [-0.3, -0.25) is 4.79 Å². The number of nitrogens with one attached hydrogen (secondary N) is 1. The molecule has 0 amide bonds. The minimum absolute atomic E-state index is 0.0436. The van der Waals surface area contributed by atoms with Crippen molar-refractivity contribution in [3.8, 4) is 5.75 Å². The third-order valence-electron chi connectivity index (χ3n) is 6.37. The maximum atomic E-state index is 14.4. The van der Waals surface area contributed by atoms with Gasteiger partial charge >= 0.3 is 5.97 Å². The first-order valence-corrected chi connectivity index (χ1v) is 11.3. The van der Waals surface area contributed by atoms with Crippen molar-refractivity contribution in [1.82, 2.24) is 9.88 Å². The molecule has 1 unspecified atom stereocenters. The monoisotopic (exact) mass is 468 g/mol. The summed E-state index contributed by atoms with van der Waals surface area (Å²) >= 11 is 0. The fourth-order valence-electron chi connectivity index (χ4n) is 4.73. The number of nitrogens with zero attached hydrogens (tertiary/aromatic N) is 1. The van der Waals surface area contributed by atoms with Gasteiger partial charge in [0.1, 0.15) is 11.6 Å². The van der Waals surface area contributed by atoms with E-state index in [1.54, 1.807) is 14.2 Å². The molecule has 0 radical (unpaired) electrons. The van der Waals surface area contributed by atoms with Gasteiger partial charge in [-0.25, -0.2) is 9.18 Å². The minimum Gasteiger partial charge on any atom is -0.497 e. The zero-order chi connectivity index (χ0) is 24.2. The third-order valence-corrected chi connectivity index (χ3v) is 6.37. The lowest BCUT2D eigenvalue weighted by atomic mass is 9.92. The van der Waals surface area contributed by atoms with Gasteiger partial charge in [0.05, 0.1) is 31.9 Å². The highest BCUT2D eigenvalue weighted by molar-refractivity contribution is 6.16. The van der Waals surface area contributed by atoms with Gasteiger partial charge in [-0.15, -0.1) is 0 Å². The summed E-state index contributed by atoms with van der Waals surface area (Å²) in [4.78, 5) is 31.8. The molecular formula is C26H29FN2O5. The van der Waals surface area contributed by atoms with Crippen LogP contribution in [0.4, 0.5) is 4.39 Å². The highest BCUT2D eigenvalue weighted by Crippen LogP contribution is 2.36. The van der Waals surface area contributed by atoms with E-state index in [-0.39, 0.29) is 23.7 Å². The number of carbonyl (C=O) groups excluding carboxylic acids is 2. The van der Waals surface area contributed by atoms with Crippen LogP contribution in [0.25, 0.3) is 10.9 Å². The molecule has 8 heteroatoms. The molecule has 2 aromatic carbocycles. The molecule has 1 aliphatic heterocycles. The topological polar surface area (TPSA) is 80.9 Å². The maximum Gasteiger partial charge on any atom is 0.338 e. The summed E-state index contributed by atoms with van der Waals surface area (Å²) in [5.74, 6) is -0.700. The Balaban J connectivity index is 1.80. The van der Waals surface area contributed by atoms with Crippen molar-refractivity contribution in [1.29, 1.82) is 0 Å². The Labute approximate surface area is 197 Å². The number of hydrogen-bond donors (Lipinski definition) is 1. The number of likely N-dealkylation sites (tertiary alicyclic amines) is 1. The van der Waals surface area contributed by atoms with E-state index in [4.69, 9.17) is 14.2 Å². The number of rotatable bonds is 9. The fraction of sp³-hybridized carbons (Fsp3) is 0.385. The van der Waals surface area contributed by atoms with Crippen molar-refractivity contribution in [3.63, 3.8) is 0 Å². The Morgan fingerprint density at radius 1 is 1.18 bits per heavy atom. The van der Waals surface area contributed by atoms with Crippen LogP contribution in [-0.2, 0) is 15.9 Å². The number of ether oxygens (including phenoxy) is 3. The second-order valence-corrected chi connectivity index (χ2v) is 8.51. The second-order valence-electron chi connectivity index (χ2n) is 8.51. The molecule has 4 rings (SSSR count). The molecule has 1 saturated heterocycles. The first-order chi connectivity index (χ1) is 16.4. The fourth-order valence-corrected chi connectivity index (χ4v) is 4.73. The number of methoxy groups -OCH3 is 3. The van der Waals surface area contributed by atoms with Gasteiger partial charge < -0.3 is 24.1 Å². The van der Waals surface area contributed by atoms with Crippen LogP contribution in [0.2, 0.25) is 0 Å². The number of aromatic amines is 1. The summed E-state index contributed by atoms with van der Waals surface area (Å²) in [6.07, 6.45) is 0.960. The van der Waals surface area contributed by atoms with Gasteiger partial charge in [0.15, 0.2) is 5.78 Å². The van der Waals surface area contributed by atoms with E-state index in [1.807, 2.05) is 24.3 Å². The number of aromatic nitrogens is 1. The molecule has 3 aromatic rings. The van der Waals surface area contributed by atoms with Gasteiger partial charge in [0.25, 0.3) is 0 Å². The molecule has 1 fully saturated rings. The van der Waals surface area contributed by atoms with Crippen molar-refractivity contribution in [2.45, 2.75) is 18.8 Å². The highest BCUT2D eigenvalue weighted by atomic mass is 19.1. The number of ketones is 1. The molecular weight excluding hydrogens is 439 g/mol. The predicted molar refractivity (Wildman–Crippen MR) is 126 cm³/mol. The number of carbonyl (C=O) groups is 2. The molecule has 180 valence electrons. The molecule has 1 aromatic heterocycles. The van der Waals surface area contributed by atoms with Crippen molar-refractivity contribution in [2.75, 3.05) is 47.6 Å². The zero-order valence-electron chi connectivity index (χ0n) is 19.7. The van der Waals surface area contributed by atoms with E-state index in [1.165, 1.54) is 13.2 Å². The number of benzene rings is 2. The molecule has 7 nitrogen and oxygen atoms in total. The molecule has 1 N–H and O–H groups in total. The predicted octanol–water partition coefficient (Wildman–Crippen LogP) is 3.96. The summed E-state index contributed by atoms with van der Waals surface area (Å²) in [6, 6.07) is 9.78. The molecule has 2 heterocycles. The van der Waals surface area contributed by atoms with Crippen molar-refractivity contribution < 1.29 is 28.2 Å². The summed E-state index contributed by atoms with van der Waals surface area (Å²) in [5, 5.41) is 0.409. The Morgan fingerprint density at radius 2 is 2.00 bits per heavy atom. The molecule has 1 aliphatic rings. The molecule has 34 heavy (non-hydrogen) atoms. The number of hydrogen-bond acceptors (Lipinski definition) is 6. The minimum atomic E-state index is -0.682. The number of H-pyrrole nitrogens is 1. The van der Waals surface area contributed by atoms with Gasteiger partial charge in [0.2, 0.25) is 0 Å². The van der Waals surface area contributed by atoms with Gasteiger partial charge in [0, 0.05) is 49.2 Å². The van der Waals surface area contributed by atoms with Crippen LogP contribution >= 0.6 is 0 Å². The smallest absolute Gasteiger partial charge is 0.338 e. The van der Waals surface area contributed by atoms with E-state index < -0.39 is 11.8 Å². The SMILES string of the molecule is COCCN1CCC(c2[nH]c3cc(F)cc(C(=O)OC)c3c2C(=O)Cc2cccc(OC)c2)C1. The number of fused-ring (bicyclic) bond motifs is 1. The van der Waals surface area contributed by atoms with Crippen LogP contribution in [0.1, 0.15) is 44.3 Å². The van der Waals surface area contributed by atoms with E-state index in [2.05, 4.69) is 9.88 Å². The standard InChI is InChI=1S/C26H29FN2O5/c1-32-10-9-29-8-7-17(15-29)25-24(22(30)12-16-5-4-6-19(11-16)33-2)23-20(26(31)34-3)13-18(27)14-21(23)28-25/h4-6,11,13-14,17,28H,7-10,12,15H2,1-3H3. The van der Waals surface area contributed by atoms with Gasteiger partial charge in [-0.2, -0.15) is 0 Å². The van der Waals surface area contributed by atoms with Crippen LogP contribution in [-0.4, -0.2) is 69.2 Å². The molecule has 1 atom stereocenters. The molecule has 0 bridgehead atoms. The van der Waals surface area contributed by atoms with Gasteiger partial charge in [-0.1, -0.05) is 12.1 Å². The largest absolute Gasteiger partial charge is 0.497 e. The van der Waals surface area contributed by atoms with Crippen molar-refractivity contribution in [3.05, 3.63) is 64.6 Å². The Kier molecular flexibility index (Phi) is 7.29. The number of halogens is 1. The van der Waals surface area contributed by atoms with Gasteiger partial charge in [-0.05, 0) is 42.8 Å². The van der Waals surface area contributed by atoms with Crippen molar-refractivity contribution in [2.24, 2.45) is 0 Å². The lowest BCUT2D eigenvalue weighted by Gasteiger charge is -2.16. The Bertz CT molecular complexity index is 1210. The lowest BCUT2D eigenvalue weighted by Crippen LogP contribution is -2.24. The van der Waals surface area contributed by atoms with Crippen LogP contribution < -0.4 is 4.74 Å². The van der Waals surface area contributed by atoms with E-state index in [0.29, 0.717) is 28.8 Å². The zero-order valence-corrected chi connectivity index (χ0v) is 19.7. The summed E-state index contributed by atoms with van der Waals surface area (Å²) in [5.41, 5.74) is 2.41. The van der Waals surface area contributed by atoms with Crippen LogP contribution in [0.3, 0.4) is 0 Å². The van der Waals surface area contributed by atoms with Crippen LogP contribution in [0.15, 0.2) is 36.4 Å². The van der Waals surface area contributed by atoms with E-state index in [9.17, 15) is 14.0 Å². The maximum absolute atomic E-state index is 14.4. The first kappa shape index (κ1) is 23.9. The third kappa shape index (κ3) is 4.83. The quantitative estimate of drug-likeness (QED) is 0.378. The second kappa shape index (κ2) is 10.4. The average Bonchev–Trinajstić information content (AvgIpc) is 3.46. The molecule has 0 spiro atoms. The first-order valence-electron chi connectivity index (χ1n) is 11.3. The Morgan fingerprint density at radius 3 is 2.74 bits per heavy atom. The summed E-state index contributed by atoms with van der Waals surface area (Å²) < 4.78 is 29.8. The molecule has 0 aliphatic carbocycles. The number of esters is 1. The summed E-state index contributed by atoms with van der Waals surface area (Å²) in [7, 11) is 4.49. The number of Topliss-reactive ketones (excluding diaryl/α,β-unsaturated/α-hetero) is 1.